The normalized spacial score (nSPS) is 11.3. The topological polar surface area (TPSA) is 85.8 Å². The summed E-state index contributed by atoms with van der Waals surface area (Å²) in [7, 11) is 0. The van der Waals surface area contributed by atoms with E-state index in [-0.39, 0.29) is 18.3 Å². The molecule has 3 N–H and O–H groups in total. The Morgan fingerprint density at radius 2 is 1.77 bits per heavy atom. The van der Waals surface area contributed by atoms with Gasteiger partial charge >= 0.3 is 0 Å². The summed E-state index contributed by atoms with van der Waals surface area (Å²) in [6, 6.07) is 13.6. The van der Waals surface area contributed by atoms with Gasteiger partial charge in [0.1, 0.15) is 22.7 Å². The number of para-hydroxylation sites is 2. The summed E-state index contributed by atoms with van der Waals surface area (Å²) in [4.78, 5) is 22.5. The van der Waals surface area contributed by atoms with Crippen molar-refractivity contribution in [1.82, 2.24) is 19.9 Å². The van der Waals surface area contributed by atoms with Gasteiger partial charge in [-0.1, -0.05) is 44.0 Å². The summed E-state index contributed by atoms with van der Waals surface area (Å²) >= 11 is 0. The molecule has 0 radical (unpaired) electrons. The van der Waals surface area contributed by atoms with Crippen molar-refractivity contribution in [3.05, 3.63) is 65.5 Å². The number of carbonyl (C=O) groups excluding carboxylic acids is 1. The lowest BCUT2D eigenvalue weighted by atomic mass is 10.2. The van der Waals surface area contributed by atoms with Gasteiger partial charge in [0.25, 0.3) is 5.91 Å². The van der Waals surface area contributed by atoms with Crippen LogP contribution < -0.4 is 11.1 Å². The maximum Gasteiger partial charge on any atom is 0.257 e. The van der Waals surface area contributed by atoms with Gasteiger partial charge in [0.05, 0.1) is 11.0 Å². The highest BCUT2D eigenvalue weighted by atomic mass is 19.1. The van der Waals surface area contributed by atoms with Crippen molar-refractivity contribution in [2.75, 3.05) is 5.73 Å². The first-order chi connectivity index (χ1) is 14.6. The Bertz CT molecular complexity index is 1200. The number of rotatable bonds is 7. The fraction of sp³-hybridized carbons (Fsp3) is 0.261. The third-order valence-corrected chi connectivity index (χ3v) is 5.17. The quantitative estimate of drug-likeness (QED) is 0.446. The molecule has 0 bridgehead atoms. The number of nitrogens with zero attached hydrogens (tertiary/aromatic N) is 3. The molecular weight excluding hydrogens is 381 g/mol. The molecule has 1 amide bonds. The summed E-state index contributed by atoms with van der Waals surface area (Å²) in [5.74, 6) is -0.264. The van der Waals surface area contributed by atoms with Crippen molar-refractivity contribution in [1.29, 1.82) is 0 Å². The van der Waals surface area contributed by atoms with E-state index in [4.69, 9.17) is 15.7 Å². The van der Waals surface area contributed by atoms with Crippen molar-refractivity contribution in [3.8, 4) is 0 Å². The lowest BCUT2D eigenvalue weighted by Gasteiger charge is -2.08. The van der Waals surface area contributed by atoms with E-state index in [0.717, 1.165) is 30.3 Å². The lowest BCUT2D eigenvalue weighted by Crippen LogP contribution is -2.24. The van der Waals surface area contributed by atoms with Crippen LogP contribution in [0.1, 0.15) is 42.1 Å². The first-order valence-corrected chi connectivity index (χ1v) is 10.2. The molecule has 0 fully saturated rings. The number of halogens is 1. The van der Waals surface area contributed by atoms with E-state index >= 15 is 0 Å². The first kappa shape index (κ1) is 19.8. The minimum Gasteiger partial charge on any atom is -0.384 e. The Kier molecular flexibility index (Phi) is 5.61. The zero-order valence-electron chi connectivity index (χ0n) is 16.9. The SMILES string of the molecule is CCCCCn1c(N)c(C(=O)NCc2ccc(F)cc2)c2nc3ccccc3nc21. The standard InChI is InChI=1S/C23H24FN5O/c1-2-3-6-13-29-21(25)19(23(30)26-14-15-9-11-16(24)12-10-15)20-22(29)28-18-8-5-4-7-17(18)27-20/h4-5,7-12H,2-3,6,13-14,25H2,1H3,(H,26,30). The maximum atomic E-state index is 13.1. The molecule has 2 aromatic carbocycles. The molecule has 154 valence electrons. The average molecular weight is 405 g/mol. The second kappa shape index (κ2) is 8.49. The van der Waals surface area contributed by atoms with Gasteiger partial charge in [0.2, 0.25) is 0 Å². The van der Waals surface area contributed by atoms with Crippen LogP contribution in [0.2, 0.25) is 0 Å². The van der Waals surface area contributed by atoms with Gasteiger partial charge in [0.15, 0.2) is 5.65 Å². The van der Waals surface area contributed by atoms with E-state index in [1.54, 1.807) is 12.1 Å². The predicted molar refractivity (Wildman–Crippen MR) is 117 cm³/mol. The molecular formula is C23H24FN5O. The first-order valence-electron chi connectivity index (χ1n) is 10.2. The third-order valence-electron chi connectivity index (χ3n) is 5.17. The van der Waals surface area contributed by atoms with Crippen molar-refractivity contribution in [2.24, 2.45) is 0 Å². The Hall–Kier alpha value is -3.48. The third kappa shape index (κ3) is 3.83. The fourth-order valence-corrected chi connectivity index (χ4v) is 3.56. The Labute approximate surface area is 173 Å². The van der Waals surface area contributed by atoms with Crippen LogP contribution in [0.4, 0.5) is 10.2 Å². The van der Waals surface area contributed by atoms with E-state index < -0.39 is 0 Å². The van der Waals surface area contributed by atoms with E-state index in [1.165, 1.54) is 12.1 Å². The minimum atomic E-state index is -0.319. The number of aromatic nitrogens is 3. The number of carbonyl (C=O) groups is 1. The van der Waals surface area contributed by atoms with Gasteiger partial charge in [-0.2, -0.15) is 0 Å². The highest BCUT2D eigenvalue weighted by molar-refractivity contribution is 6.10. The van der Waals surface area contributed by atoms with Gasteiger partial charge in [-0.05, 0) is 36.2 Å². The van der Waals surface area contributed by atoms with Gasteiger partial charge in [-0.15, -0.1) is 0 Å². The molecule has 30 heavy (non-hydrogen) atoms. The minimum absolute atomic E-state index is 0.266. The van der Waals surface area contributed by atoms with Crippen LogP contribution in [-0.2, 0) is 13.1 Å². The monoisotopic (exact) mass is 405 g/mol. The Morgan fingerprint density at radius 3 is 2.47 bits per heavy atom. The number of benzene rings is 2. The summed E-state index contributed by atoms with van der Waals surface area (Å²) < 4.78 is 15.0. The van der Waals surface area contributed by atoms with E-state index in [1.807, 2.05) is 28.8 Å². The Morgan fingerprint density at radius 1 is 1.07 bits per heavy atom. The lowest BCUT2D eigenvalue weighted by molar-refractivity contribution is 0.0953. The zero-order valence-corrected chi connectivity index (χ0v) is 16.9. The molecule has 4 rings (SSSR count). The molecule has 0 aliphatic carbocycles. The summed E-state index contributed by atoms with van der Waals surface area (Å²) in [6.07, 6.45) is 3.08. The smallest absolute Gasteiger partial charge is 0.257 e. The molecule has 4 aromatic rings. The molecule has 0 aliphatic rings. The molecule has 2 aromatic heterocycles. The number of hydrogen-bond donors (Lipinski definition) is 2. The number of fused-ring (bicyclic) bond motifs is 2. The molecule has 0 unspecified atom stereocenters. The van der Waals surface area contributed by atoms with Crippen LogP contribution in [0, 0.1) is 5.82 Å². The van der Waals surface area contributed by atoms with Crippen molar-refractivity contribution in [2.45, 2.75) is 39.3 Å². The predicted octanol–water partition coefficient (Wildman–Crippen LogP) is 4.43. The van der Waals surface area contributed by atoms with Crippen LogP contribution in [0.15, 0.2) is 48.5 Å². The number of nitrogens with one attached hydrogen (secondary N) is 1. The van der Waals surface area contributed by atoms with E-state index in [9.17, 15) is 9.18 Å². The van der Waals surface area contributed by atoms with Crippen LogP contribution in [0.25, 0.3) is 22.2 Å². The largest absolute Gasteiger partial charge is 0.384 e. The maximum absolute atomic E-state index is 13.1. The van der Waals surface area contributed by atoms with Crippen molar-refractivity contribution < 1.29 is 9.18 Å². The summed E-state index contributed by atoms with van der Waals surface area (Å²) in [5, 5.41) is 2.87. The highest BCUT2D eigenvalue weighted by Gasteiger charge is 2.23. The van der Waals surface area contributed by atoms with Gasteiger partial charge in [-0.25, -0.2) is 14.4 Å². The number of nitrogens with two attached hydrogens (primary N) is 1. The number of nitrogen functional groups attached to an aromatic ring is 1. The Balaban J connectivity index is 1.73. The molecule has 0 saturated heterocycles. The van der Waals surface area contributed by atoms with Crippen LogP contribution in [0.5, 0.6) is 0 Å². The second-order valence-electron chi connectivity index (χ2n) is 7.31. The number of anilines is 1. The highest BCUT2D eigenvalue weighted by Crippen LogP contribution is 2.28. The average Bonchev–Trinajstić information content (AvgIpc) is 3.02. The van der Waals surface area contributed by atoms with E-state index in [0.29, 0.717) is 34.6 Å². The van der Waals surface area contributed by atoms with Gasteiger partial charge < -0.3 is 15.6 Å². The number of aryl methyl sites for hydroxylation is 1. The zero-order chi connectivity index (χ0) is 21.1. The molecule has 0 saturated carbocycles. The molecule has 7 heteroatoms. The number of hydrogen-bond acceptors (Lipinski definition) is 4. The molecule has 2 heterocycles. The number of amides is 1. The molecule has 6 nitrogen and oxygen atoms in total. The fourth-order valence-electron chi connectivity index (χ4n) is 3.56. The summed E-state index contributed by atoms with van der Waals surface area (Å²) in [5.41, 5.74) is 10.1. The van der Waals surface area contributed by atoms with Crippen molar-refractivity contribution >= 4 is 33.9 Å². The molecule has 0 spiro atoms. The summed E-state index contributed by atoms with van der Waals surface area (Å²) in [6.45, 7) is 3.08. The van der Waals surface area contributed by atoms with Crippen LogP contribution in [0.3, 0.4) is 0 Å². The number of unbranched alkanes of at least 4 members (excludes halogenated alkanes) is 2. The van der Waals surface area contributed by atoms with Crippen molar-refractivity contribution in [3.63, 3.8) is 0 Å². The molecule has 0 atom stereocenters. The van der Waals surface area contributed by atoms with Crippen LogP contribution >= 0.6 is 0 Å². The van der Waals surface area contributed by atoms with Gasteiger partial charge in [-0.3, -0.25) is 4.79 Å². The van der Waals surface area contributed by atoms with Gasteiger partial charge in [0, 0.05) is 13.1 Å². The second-order valence-corrected chi connectivity index (χ2v) is 7.31. The van der Waals surface area contributed by atoms with Crippen LogP contribution in [-0.4, -0.2) is 20.4 Å². The molecule has 0 aliphatic heterocycles. The van der Waals surface area contributed by atoms with E-state index in [2.05, 4.69) is 12.2 Å².